The van der Waals surface area contributed by atoms with Gasteiger partial charge in [0, 0.05) is 30.6 Å². The maximum atomic E-state index is 12.1. The summed E-state index contributed by atoms with van der Waals surface area (Å²) in [5.41, 5.74) is 1.19. The lowest BCUT2D eigenvalue weighted by Crippen LogP contribution is -2.28. The van der Waals surface area contributed by atoms with Crippen LogP contribution in [0.1, 0.15) is 24.8 Å². The van der Waals surface area contributed by atoms with Crippen LogP contribution in [-0.2, 0) is 11.2 Å². The van der Waals surface area contributed by atoms with Gasteiger partial charge in [0.2, 0.25) is 5.91 Å². The second kappa shape index (κ2) is 7.06. The topological polar surface area (TPSA) is 40.5 Å². The Balaban J connectivity index is 1.79. The maximum absolute atomic E-state index is 12.1. The Morgan fingerprint density at radius 3 is 3.05 bits per heavy atom. The zero-order valence-corrected chi connectivity index (χ0v) is 12.6. The highest BCUT2D eigenvalue weighted by Gasteiger charge is 2.25. The summed E-state index contributed by atoms with van der Waals surface area (Å²) in [4.78, 5) is 14.0. The van der Waals surface area contributed by atoms with Gasteiger partial charge in [-0.15, -0.1) is 0 Å². The van der Waals surface area contributed by atoms with Crippen molar-refractivity contribution < 1.29 is 9.90 Å². The summed E-state index contributed by atoms with van der Waals surface area (Å²) in [6.45, 7) is 1.89. The molecule has 1 aliphatic heterocycles. The third-order valence-electron chi connectivity index (χ3n) is 3.69. The van der Waals surface area contributed by atoms with Crippen molar-refractivity contribution in [3.63, 3.8) is 0 Å². The molecule has 1 atom stereocenters. The normalized spacial score (nSPS) is 18.8. The fraction of sp³-hybridized carbons (Fsp3) is 0.533. The molecule has 19 heavy (non-hydrogen) atoms. The quantitative estimate of drug-likeness (QED) is 0.904. The van der Waals surface area contributed by atoms with E-state index >= 15 is 0 Å². The number of likely N-dealkylation sites (tertiary alicyclic amines) is 1. The van der Waals surface area contributed by atoms with Crippen molar-refractivity contribution in [2.45, 2.75) is 25.7 Å². The zero-order valence-electron chi connectivity index (χ0n) is 11.0. The van der Waals surface area contributed by atoms with Gasteiger partial charge in [0.05, 0.1) is 0 Å². The van der Waals surface area contributed by atoms with E-state index in [1.807, 2.05) is 17.0 Å². The SMILES string of the molecule is O=C(CCc1cccc(Br)c1)N1CCC(CCO)C1. The minimum absolute atomic E-state index is 0.227. The predicted molar refractivity (Wildman–Crippen MR) is 78.9 cm³/mol. The summed E-state index contributed by atoms with van der Waals surface area (Å²) in [6.07, 6.45) is 3.21. The Kier molecular flexibility index (Phi) is 5.40. The number of amides is 1. The Morgan fingerprint density at radius 2 is 2.32 bits per heavy atom. The molecule has 1 N–H and O–H groups in total. The van der Waals surface area contributed by atoms with Crippen LogP contribution in [0.25, 0.3) is 0 Å². The van der Waals surface area contributed by atoms with E-state index in [0.717, 1.165) is 36.8 Å². The van der Waals surface area contributed by atoms with Crippen LogP contribution >= 0.6 is 15.9 Å². The third-order valence-corrected chi connectivity index (χ3v) is 4.19. The monoisotopic (exact) mass is 325 g/mol. The lowest BCUT2D eigenvalue weighted by atomic mass is 10.1. The van der Waals surface area contributed by atoms with Gasteiger partial charge in [0.1, 0.15) is 0 Å². The van der Waals surface area contributed by atoms with Gasteiger partial charge in [-0.3, -0.25) is 4.79 Å². The zero-order chi connectivity index (χ0) is 13.7. The van der Waals surface area contributed by atoms with E-state index in [9.17, 15) is 4.79 Å². The third kappa shape index (κ3) is 4.32. The number of hydrogen-bond acceptors (Lipinski definition) is 2. The molecule has 1 aliphatic rings. The van der Waals surface area contributed by atoms with Gasteiger partial charge < -0.3 is 10.0 Å². The molecule has 0 spiro atoms. The number of halogens is 1. The molecule has 1 aromatic carbocycles. The van der Waals surface area contributed by atoms with Crippen molar-refractivity contribution in [2.24, 2.45) is 5.92 Å². The summed E-state index contributed by atoms with van der Waals surface area (Å²) < 4.78 is 1.06. The highest BCUT2D eigenvalue weighted by Crippen LogP contribution is 2.20. The number of hydrogen-bond donors (Lipinski definition) is 1. The first kappa shape index (κ1) is 14.5. The Labute approximate surface area is 122 Å². The molecule has 0 radical (unpaired) electrons. The van der Waals surface area contributed by atoms with Crippen molar-refractivity contribution >= 4 is 21.8 Å². The lowest BCUT2D eigenvalue weighted by Gasteiger charge is -2.16. The largest absolute Gasteiger partial charge is 0.396 e. The van der Waals surface area contributed by atoms with Gasteiger partial charge in [-0.25, -0.2) is 0 Å². The highest BCUT2D eigenvalue weighted by atomic mass is 79.9. The molecule has 1 fully saturated rings. The molecule has 1 aromatic rings. The van der Waals surface area contributed by atoms with Crippen LogP contribution in [0.15, 0.2) is 28.7 Å². The van der Waals surface area contributed by atoms with Gasteiger partial charge in [0.15, 0.2) is 0 Å². The average molecular weight is 326 g/mol. The smallest absolute Gasteiger partial charge is 0.222 e. The van der Waals surface area contributed by atoms with E-state index in [4.69, 9.17) is 5.11 Å². The van der Waals surface area contributed by atoms with Crippen LogP contribution in [0.5, 0.6) is 0 Å². The Morgan fingerprint density at radius 1 is 1.47 bits per heavy atom. The van der Waals surface area contributed by atoms with Crippen LogP contribution in [-0.4, -0.2) is 35.6 Å². The maximum Gasteiger partial charge on any atom is 0.222 e. The summed E-state index contributed by atoms with van der Waals surface area (Å²) in [6, 6.07) is 8.10. The fourth-order valence-corrected chi connectivity index (χ4v) is 3.03. The number of rotatable bonds is 5. The van der Waals surface area contributed by atoms with Crippen LogP contribution in [0.2, 0.25) is 0 Å². The number of aliphatic hydroxyl groups is 1. The van der Waals surface area contributed by atoms with Crippen LogP contribution in [0.4, 0.5) is 0 Å². The highest BCUT2D eigenvalue weighted by molar-refractivity contribution is 9.10. The van der Waals surface area contributed by atoms with E-state index in [2.05, 4.69) is 28.1 Å². The molecular weight excluding hydrogens is 306 g/mol. The second-order valence-electron chi connectivity index (χ2n) is 5.14. The minimum atomic E-state index is 0.227. The summed E-state index contributed by atoms with van der Waals surface area (Å²) in [5.74, 6) is 0.722. The van der Waals surface area contributed by atoms with Crippen molar-refractivity contribution in [3.05, 3.63) is 34.3 Å². The lowest BCUT2D eigenvalue weighted by molar-refractivity contribution is -0.130. The molecule has 3 nitrogen and oxygen atoms in total. The molecule has 0 aromatic heterocycles. The number of carbonyl (C=O) groups excluding carboxylic acids is 1. The predicted octanol–water partition coefficient (Wildman–Crippen LogP) is 2.61. The molecule has 104 valence electrons. The summed E-state index contributed by atoms with van der Waals surface area (Å²) >= 11 is 3.44. The van der Waals surface area contributed by atoms with Gasteiger partial charge in [0.25, 0.3) is 0 Å². The fourth-order valence-electron chi connectivity index (χ4n) is 2.58. The van der Waals surface area contributed by atoms with Gasteiger partial charge >= 0.3 is 0 Å². The number of nitrogens with zero attached hydrogens (tertiary/aromatic N) is 1. The molecule has 1 heterocycles. The van der Waals surface area contributed by atoms with Crippen molar-refractivity contribution in [1.82, 2.24) is 4.90 Å². The first-order valence-electron chi connectivity index (χ1n) is 6.82. The molecule has 4 heteroatoms. The molecule has 0 saturated carbocycles. The Hall–Kier alpha value is -0.870. The van der Waals surface area contributed by atoms with Crippen molar-refractivity contribution in [3.8, 4) is 0 Å². The van der Waals surface area contributed by atoms with Gasteiger partial charge in [-0.05, 0) is 42.9 Å². The second-order valence-corrected chi connectivity index (χ2v) is 6.05. The van der Waals surface area contributed by atoms with Gasteiger partial charge in [-0.2, -0.15) is 0 Å². The van der Waals surface area contributed by atoms with E-state index in [1.165, 1.54) is 5.56 Å². The van der Waals surface area contributed by atoms with Crippen molar-refractivity contribution in [2.75, 3.05) is 19.7 Å². The van der Waals surface area contributed by atoms with E-state index < -0.39 is 0 Å². The van der Waals surface area contributed by atoms with Crippen molar-refractivity contribution in [1.29, 1.82) is 0 Å². The number of aryl methyl sites for hydroxylation is 1. The molecule has 1 unspecified atom stereocenters. The minimum Gasteiger partial charge on any atom is -0.396 e. The Bertz CT molecular complexity index is 436. The van der Waals surface area contributed by atoms with E-state index in [0.29, 0.717) is 12.3 Å². The molecule has 2 rings (SSSR count). The average Bonchev–Trinajstić information content (AvgIpc) is 2.85. The standard InChI is InChI=1S/C15H20BrNO2/c16-14-3-1-2-12(10-14)4-5-15(19)17-8-6-13(11-17)7-9-18/h1-3,10,13,18H,4-9,11H2. The molecule has 1 amide bonds. The van der Waals surface area contributed by atoms with E-state index in [-0.39, 0.29) is 12.5 Å². The number of carbonyl (C=O) groups is 1. The van der Waals surface area contributed by atoms with E-state index in [1.54, 1.807) is 0 Å². The van der Waals surface area contributed by atoms with Crippen LogP contribution in [0, 0.1) is 5.92 Å². The number of benzene rings is 1. The molecule has 1 saturated heterocycles. The first-order chi connectivity index (χ1) is 9.19. The van der Waals surface area contributed by atoms with Crippen LogP contribution in [0.3, 0.4) is 0 Å². The number of aliphatic hydroxyl groups excluding tert-OH is 1. The van der Waals surface area contributed by atoms with Gasteiger partial charge in [-0.1, -0.05) is 28.1 Å². The summed E-state index contributed by atoms with van der Waals surface area (Å²) in [7, 11) is 0. The molecular formula is C15H20BrNO2. The molecule has 0 bridgehead atoms. The molecule has 0 aliphatic carbocycles. The van der Waals surface area contributed by atoms with Crippen LogP contribution < -0.4 is 0 Å². The first-order valence-corrected chi connectivity index (χ1v) is 7.61. The summed E-state index contributed by atoms with van der Waals surface area (Å²) in [5, 5.41) is 8.92.